The number of hydrogen-bond donors (Lipinski definition) is 0. The molecule has 1 heterocycles. The van der Waals surface area contributed by atoms with Gasteiger partial charge in [-0.3, -0.25) is 4.79 Å². The number of amides is 1. The number of rotatable bonds is 2. The van der Waals surface area contributed by atoms with E-state index in [1.54, 1.807) is 0 Å². The topological polar surface area (TPSA) is 44.1 Å². The van der Waals surface area contributed by atoms with Crippen molar-refractivity contribution in [2.24, 2.45) is 5.92 Å². The Hall–Kier alpha value is -1.30. The summed E-state index contributed by atoms with van der Waals surface area (Å²) in [5.74, 6) is 0.511. The molecule has 1 rings (SSSR count). The largest absolute Gasteiger partial charge is 0.338 e. The standard InChI is InChI=1S/C13H20N2O/c1-10(2)11(3)12-5-4-8-15(9-12)13(16)6-7-14/h10H,4-6,8-9H2,1-3H3/b12-11+. The van der Waals surface area contributed by atoms with Crippen LogP contribution in [0.3, 0.4) is 0 Å². The second-order valence-corrected chi connectivity index (χ2v) is 4.70. The van der Waals surface area contributed by atoms with Crippen LogP contribution in [0, 0.1) is 17.2 Å². The average Bonchev–Trinajstić information content (AvgIpc) is 2.28. The van der Waals surface area contributed by atoms with Crippen molar-refractivity contribution in [3.63, 3.8) is 0 Å². The first kappa shape index (κ1) is 12.8. The molecule has 0 unspecified atom stereocenters. The molecule has 3 nitrogen and oxygen atoms in total. The van der Waals surface area contributed by atoms with E-state index < -0.39 is 0 Å². The lowest BCUT2D eigenvalue weighted by Crippen LogP contribution is -2.37. The van der Waals surface area contributed by atoms with Gasteiger partial charge in [0.05, 0.1) is 6.07 Å². The van der Waals surface area contributed by atoms with Crippen LogP contribution in [0.2, 0.25) is 0 Å². The van der Waals surface area contributed by atoms with Crippen LogP contribution in [0.25, 0.3) is 0 Å². The van der Waals surface area contributed by atoms with Crippen molar-refractivity contribution in [2.75, 3.05) is 13.1 Å². The highest BCUT2D eigenvalue weighted by Gasteiger charge is 2.20. The average molecular weight is 220 g/mol. The van der Waals surface area contributed by atoms with Gasteiger partial charge in [0.25, 0.3) is 0 Å². The maximum Gasteiger partial charge on any atom is 0.237 e. The molecule has 1 fully saturated rings. The zero-order valence-corrected chi connectivity index (χ0v) is 10.4. The van der Waals surface area contributed by atoms with E-state index in [2.05, 4.69) is 20.8 Å². The van der Waals surface area contributed by atoms with Gasteiger partial charge in [0.2, 0.25) is 5.91 Å². The monoisotopic (exact) mass is 220 g/mol. The summed E-state index contributed by atoms with van der Waals surface area (Å²) in [4.78, 5) is 13.4. The molecule has 1 saturated heterocycles. The van der Waals surface area contributed by atoms with Crippen molar-refractivity contribution in [1.82, 2.24) is 4.90 Å². The predicted octanol–water partition coefficient (Wildman–Crippen LogP) is 2.49. The summed E-state index contributed by atoms with van der Waals surface area (Å²) >= 11 is 0. The van der Waals surface area contributed by atoms with Gasteiger partial charge >= 0.3 is 0 Å². The second-order valence-electron chi connectivity index (χ2n) is 4.70. The lowest BCUT2D eigenvalue weighted by molar-refractivity contribution is -0.130. The number of likely N-dealkylation sites (tertiary alicyclic amines) is 1. The van der Waals surface area contributed by atoms with E-state index in [0.29, 0.717) is 5.92 Å². The van der Waals surface area contributed by atoms with Crippen LogP contribution in [0.5, 0.6) is 0 Å². The number of allylic oxidation sites excluding steroid dienone is 1. The van der Waals surface area contributed by atoms with Crippen LogP contribution >= 0.6 is 0 Å². The summed E-state index contributed by atoms with van der Waals surface area (Å²) < 4.78 is 0. The summed E-state index contributed by atoms with van der Waals surface area (Å²) in [5.41, 5.74) is 2.78. The molecular formula is C13H20N2O. The number of nitriles is 1. The fourth-order valence-corrected chi connectivity index (χ4v) is 1.99. The molecule has 88 valence electrons. The molecule has 0 aromatic carbocycles. The summed E-state index contributed by atoms with van der Waals surface area (Å²) in [6.07, 6.45) is 2.13. The Labute approximate surface area is 97.7 Å². The van der Waals surface area contributed by atoms with Crippen molar-refractivity contribution in [2.45, 2.75) is 40.0 Å². The molecule has 0 N–H and O–H groups in total. The van der Waals surface area contributed by atoms with Crippen molar-refractivity contribution < 1.29 is 4.79 Å². The van der Waals surface area contributed by atoms with E-state index >= 15 is 0 Å². The highest BCUT2D eigenvalue weighted by Crippen LogP contribution is 2.23. The summed E-state index contributed by atoms with van der Waals surface area (Å²) in [6.45, 7) is 8.04. The van der Waals surface area contributed by atoms with Gasteiger partial charge in [-0.05, 0) is 25.7 Å². The van der Waals surface area contributed by atoms with E-state index in [0.717, 1.165) is 25.9 Å². The molecular weight excluding hydrogens is 200 g/mol. The van der Waals surface area contributed by atoms with E-state index in [1.165, 1.54) is 11.1 Å². The quantitative estimate of drug-likeness (QED) is 0.671. The van der Waals surface area contributed by atoms with Gasteiger partial charge in [-0.1, -0.05) is 25.0 Å². The van der Waals surface area contributed by atoms with Crippen LogP contribution < -0.4 is 0 Å². The van der Waals surface area contributed by atoms with Crippen molar-refractivity contribution >= 4 is 5.91 Å². The minimum Gasteiger partial charge on any atom is -0.338 e. The molecule has 16 heavy (non-hydrogen) atoms. The number of carbonyl (C=O) groups excluding carboxylic acids is 1. The normalized spacial score (nSPS) is 19.6. The Balaban J connectivity index is 2.71. The molecule has 0 radical (unpaired) electrons. The first-order valence-corrected chi connectivity index (χ1v) is 5.89. The third-order valence-electron chi connectivity index (χ3n) is 3.29. The SMILES string of the molecule is C/C(=C1/CCCN(C(=O)CC#N)C1)C(C)C. The minimum absolute atomic E-state index is 0.00794. The Kier molecular flexibility index (Phi) is 4.54. The van der Waals surface area contributed by atoms with Crippen LogP contribution in [0.1, 0.15) is 40.0 Å². The van der Waals surface area contributed by atoms with Crippen molar-refractivity contribution in [3.05, 3.63) is 11.1 Å². The lowest BCUT2D eigenvalue weighted by atomic mass is 9.93. The molecule has 1 amide bonds. The van der Waals surface area contributed by atoms with Gasteiger partial charge in [0.15, 0.2) is 0 Å². The molecule has 1 aliphatic rings. The maximum absolute atomic E-state index is 11.6. The summed E-state index contributed by atoms with van der Waals surface area (Å²) in [6, 6.07) is 1.92. The fourth-order valence-electron chi connectivity index (χ4n) is 1.99. The van der Waals surface area contributed by atoms with Gasteiger partial charge in [-0.25, -0.2) is 0 Å². The van der Waals surface area contributed by atoms with Crippen molar-refractivity contribution in [3.8, 4) is 6.07 Å². The first-order valence-electron chi connectivity index (χ1n) is 5.89. The van der Waals surface area contributed by atoms with E-state index in [9.17, 15) is 4.79 Å². The number of piperidine rings is 1. The van der Waals surface area contributed by atoms with E-state index in [-0.39, 0.29) is 12.3 Å². The molecule has 0 atom stereocenters. The van der Waals surface area contributed by atoms with Gasteiger partial charge in [0.1, 0.15) is 6.42 Å². The number of nitrogens with zero attached hydrogens (tertiary/aromatic N) is 2. The lowest BCUT2D eigenvalue weighted by Gasteiger charge is -2.30. The van der Waals surface area contributed by atoms with Crippen LogP contribution in [-0.4, -0.2) is 23.9 Å². The smallest absolute Gasteiger partial charge is 0.237 e. The van der Waals surface area contributed by atoms with Gasteiger partial charge < -0.3 is 4.90 Å². The number of hydrogen-bond acceptors (Lipinski definition) is 2. The van der Waals surface area contributed by atoms with Crippen LogP contribution in [0.4, 0.5) is 0 Å². The van der Waals surface area contributed by atoms with Gasteiger partial charge in [0, 0.05) is 13.1 Å². The molecule has 0 aromatic rings. The van der Waals surface area contributed by atoms with E-state index in [4.69, 9.17) is 5.26 Å². The van der Waals surface area contributed by atoms with Crippen LogP contribution in [0.15, 0.2) is 11.1 Å². The third kappa shape index (κ3) is 3.10. The molecule has 3 heteroatoms. The zero-order valence-electron chi connectivity index (χ0n) is 10.4. The second kappa shape index (κ2) is 5.69. The van der Waals surface area contributed by atoms with Crippen molar-refractivity contribution in [1.29, 1.82) is 5.26 Å². The summed E-state index contributed by atoms with van der Waals surface area (Å²) in [7, 11) is 0. The Morgan fingerprint density at radius 3 is 2.81 bits per heavy atom. The third-order valence-corrected chi connectivity index (χ3v) is 3.29. The molecule has 0 aliphatic carbocycles. The summed E-state index contributed by atoms with van der Waals surface area (Å²) in [5, 5.41) is 8.52. The molecule has 0 spiro atoms. The maximum atomic E-state index is 11.6. The zero-order chi connectivity index (χ0) is 12.1. The predicted molar refractivity (Wildman–Crippen MR) is 63.6 cm³/mol. The Bertz CT molecular complexity index is 336. The van der Waals surface area contributed by atoms with Gasteiger partial charge in [-0.15, -0.1) is 0 Å². The Morgan fingerprint density at radius 2 is 2.25 bits per heavy atom. The van der Waals surface area contributed by atoms with Crippen LogP contribution in [-0.2, 0) is 4.79 Å². The molecule has 1 aliphatic heterocycles. The van der Waals surface area contributed by atoms with E-state index in [1.807, 2.05) is 11.0 Å². The molecule has 0 aromatic heterocycles. The van der Waals surface area contributed by atoms with Gasteiger partial charge in [-0.2, -0.15) is 5.26 Å². The number of carbonyl (C=O) groups is 1. The Morgan fingerprint density at radius 1 is 1.56 bits per heavy atom. The highest BCUT2D eigenvalue weighted by atomic mass is 16.2. The highest BCUT2D eigenvalue weighted by molar-refractivity contribution is 5.78. The minimum atomic E-state index is -0.0312. The fraction of sp³-hybridized carbons (Fsp3) is 0.692. The molecule has 0 saturated carbocycles. The first-order chi connectivity index (χ1) is 7.56. The molecule has 0 bridgehead atoms.